The molecule has 0 atom stereocenters. The molecule has 2 heterocycles. The lowest BCUT2D eigenvalue weighted by Crippen LogP contribution is -2.22. The quantitative estimate of drug-likeness (QED) is 0.856. The SMILES string of the molecule is CCN(Cc1cccs1)c1ccc(Cl)c(C#N)n1. The minimum atomic E-state index is 0.277. The Labute approximate surface area is 115 Å². The number of thiophene rings is 1. The van der Waals surface area contributed by atoms with E-state index >= 15 is 0 Å². The van der Waals surface area contributed by atoms with Crippen molar-refractivity contribution in [1.29, 1.82) is 5.26 Å². The number of aromatic nitrogens is 1. The van der Waals surface area contributed by atoms with Crippen molar-refractivity contribution in [2.75, 3.05) is 11.4 Å². The lowest BCUT2D eigenvalue weighted by molar-refractivity contribution is 0.822. The van der Waals surface area contributed by atoms with E-state index in [9.17, 15) is 0 Å². The summed E-state index contributed by atoms with van der Waals surface area (Å²) in [6.07, 6.45) is 0. The molecule has 2 aromatic heterocycles. The molecule has 0 saturated heterocycles. The smallest absolute Gasteiger partial charge is 0.161 e. The van der Waals surface area contributed by atoms with E-state index in [-0.39, 0.29) is 5.69 Å². The van der Waals surface area contributed by atoms with Crippen LogP contribution in [0.5, 0.6) is 0 Å². The van der Waals surface area contributed by atoms with Gasteiger partial charge < -0.3 is 4.90 Å². The molecule has 18 heavy (non-hydrogen) atoms. The summed E-state index contributed by atoms with van der Waals surface area (Å²) in [6, 6.07) is 9.70. The summed E-state index contributed by atoms with van der Waals surface area (Å²) in [5.41, 5.74) is 0.277. The molecule has 0 aliphatic heterocycles. The van der Waals surface area contributed by atoms with Crippen LogP contribution in [-0.2, 0) is 6.54 Å². The molecule has 0 radical (unpaired) electrons. The average molecular weight is 278 g/mol. The Kier molecular flexibility index (Phi) is 4.19. The zero-order valence-corrected chi connectivity index (χ0v) is 11.5. The van der Waals surface area contributed by atoms with E-state index in [0.717, 1.165) is 18.9 Å². The number of rotatable bonds is 4. The van der Waals surface area contributed by atoms with Crippen LogP contribution in [0.2, 0.25) is 5.02 Å². The summed E-state index contributed by atoms with van der Waals surface area (Å²) in [7, 11) is 0. The molecule has 0 N–H and O–H groups in total. The Bertz CT molecular complexity index is 560. The average Bonchev–Trinajstić information content (AvgIpc) is 2.89. The zero-order valence-electron chi connectivity index (χ0n) is 9.93. The number of nitrogens with zero attached hydrogens (tertiary/aromatic N) is 3. The highest BCUT2D eigenvalue weighted by atomic mass is 35.5. The molecule has 0 amide bonds. The van der Waals surface area contributed by atoms with E-state index in [1.807, 2.05) is 18.2 Å². The second-order valence-corrected chi connectivity index (χ2v) is 5.14. The summed E-state index contributed by atoms with van der Waals surface area (Å²) < 4.78 is 0. The second-order valence-electron chi connectivity index (χ2n) is 3.71. The standard InChI is InChI=1S/C13H12ClN3S/c1-2-17(9-10-4-3-7-18-10)13-6-5-11(14)12(8-15)16-13/h3-7H,2,9H2,1H3. The summed E-state index contributed by atoms with van der Waals surface area (Å²) in [4.78, 5) is 7.66. The highest BCUT2D eigenvalue weighted by Crippen LogP contribution is 2.21. The van der Waals surface area contributed by atoms with Gasteiger partial charge in [0.05, 0.1) is 11.6 Å². The molecule has 2 aromatic rings. The fraction of sp³-hybridized carbons (Fsp3) is 0.231. The van der Waals surface area contributed by atoms with Gasteiger partial charge in [0, 0.05) is 11.4 Å². The van der Waals surface area contributed by atoms with Crippen LogP contribution < -0.4 is 4.90 Å². The molecule has 3 nitrogen and oxygen atoms in total. The number of anilines is 1. The molecule has 0 aliphatic rings. The Hall–Kier alpha value is -1.57. The Morgan fingerprint density at radius 2 is 2.28 bits per heavy atom. The van der Waals surface area contributed by atoms with E-state index < -0.39 is 0 Å². The van der Waals surface area contributed by atoms with Gasteiger partial charge in [-0.2, -0.15) is 5.26 Å². The zero-order chi connectivity index (χ0) is 13.0. The van der Waals surface area contributed by atoms with Crippen molar-refractivity contribution in [2.24, 2.45) is 0 Å². The molecule has 0 aliphatic carbocycles. The molecule has 5 heteroatoms. The van der Waals surface area contributed by atoms with Crippen LogP contribution in [0.15, 0.2) is 29.6 Å². The molecular weight excluding hydrogens is 266 g/mol. The monoisotopic (exact) mass is 277 g/mol. The van der Waals surface area contributed by atoms with Gasteiger partial charge in [0.1, 0.15) is 11.9 Å². The first-order chi connectivity index (χ1) is 8.74. The number of nitriles is 1. The summed E-state index contributed by atoms with van der Waals surface area (Å²) in [5, 5.41) is 11.4. The van der Waals surface area contributed by atoms with Crippen molar-refractivity contribution in [3.8, 4) is 6.07 Å². The van der Waals surface area contributed by atoms with Crippen molar-refractivity contribution in [3.05, 3.63) is 45.2 Å². The third-order valence-corrected chi connectivity index (χ3v) is 3.74. The maximum Gasteiger partial charge on any atom is 0.161 e. The molecule has 0 fully saturated rings. The van der Waals surface area contributed by atoms with Crippen LogP contribution in [0.1, 0.15) is 17.5 Å². The minimum absolute atomic E-state index is 0.277. The van der Waals surface area contributed by atoms with Crippen molar-refractivity contribution in [1.82, 2.24) is 4.98 Å². The van der Waals surface area contributed by atoms with Crippen LogP contribution in [0.3, 0.4) is 0 Å². The maximum absolute atomic E-state index is 8.94. The van der Waals surface area contributed by atoms with Gasteiger partial charge in [-0.25, -0.2) is 4.98 Å². The van der Waals surface area contributed by atoms with Gasteiger partial charge >= 0.3 is 0 Å². The predicted molar refractivity (Wildman–Crippen MR) is 75.0 cm³/mol. The largest absolute Gasteiger partial charge is 0.352 e. The lowest BCUT2D eigenvalue weighted by Gasteiger charge is -2.21. The molecule has 0 aromatic carbocycles. The Morgan fingerprint density at radius 1 is 1.44 bits per heavy atom. The van der Waals surface area contributed by atoms with Gasteiger partial charge in [-0.3, -0.25) is 0 Å². The van der Waals surface area contributed by atoms with Crippen LogP contribution in [-0.4, -0.2) is 11.5 Å². The van der Waals surface area contributed by atoms with E-state index in [1.165, 1.54) is 4.88 Å². The van der Waals surface area contributed by atoms with E-state index in [2.05, 4.69) is 28.3 Å². The topological polar surface area (TPSA) is 39.9 Å². The molecule has 0 unspecified atom stereocenters. The second kappa shape index (κ2) is 5.85. The first kappa shape index (κ1) is 12.9. The van der Waals surface area contributed by atoms with Gasteiger partial charge in [-0.05, 0) is 30.5 Å². The number of hydrogen-bond acceptors (Lipinski definition) is 4. The number of hydrogen-bond donors (Lipinski definition) is 0. The molecule has 0 saturated carbocycles. The third kappa shape index (κ3) is 2.81. The predicted octanol–water partition coefficient (Wildman–Crippen LogP) is 3.69. The van der Waals surface area contributed by atoms with Crippen molar-refractivity contribution < 1.29 is 0 Å². The Morgan fingerprint density at radius 3 is 2.89 bits per heavy atom. The number of halogens is 1. The number of pyridine rings is 1. The normalized spacial score (nSPS) is 10.1. The van der Waals surface area contributed by atoms with Crippen LogP contribution in [0, 0.1) is 11.3 Å². The summed E-state index contributed by atoms with van der Waals surface area (Å²) >= 11 is 7.60. The van der Waals surface area contributed by atoms with E-state index in [1.54, 1.807) is 17.4 Å². The maximum atomic E-state index is 8.94. The van der Waals surface area contributed by atoms with Gasteiger partial charge in [-0.15, -0.1) is 11.3 Å². The van der Waals surface area contributed by atoms with E-state index in [0.29, 0.717) is 5.02 Å². The first-order valence-electron chi connectivity index (χ1n) is 5.58. The Balaban J connectivity index is 2.25. The van der Waals surface area contributed by atoms with Crippen LogP contribution >= 0.6 is 22.9 Å². The van der Waals surface area contributed by atoms with Gasteiger partial charge in [0.15, 0.2) is 5.69 Å². The molecule has 2 rings (SSSR count). The molecule has 0 bridgehead atoms. The van der Waals surface area contributed by atoms with Gasteiger partial charge in [-0.1, -0.05) is 17.7 Å². The minimum Gasteiger partial charge on any atom is -0.352 e. The fourth-order valence-corrected chi connectivity index (χ4v) is 2.50. The molecule has 92 valence electrons. The summed E-state index contributed by atoms with van der Waals surface area (Å²) in [5.74, 6) is 0.784. The van der Waals surface area contributed by atoms with Crippen LogP contribution in [0.25, 0.3) is 0 Å². The molecule has 0 spiro atoms. The third-order valence-electron chi connectivity index (χ3n) is 2.57. The first-order valence-corrected chi connectivity index (χ1v) is 6.84. The van der Waals surface area contributed by atoms with Gasteiger partial charge in [0.2, 0.25) is 0 Å². The summed E-state index contributed by atoms with van der Waals surface area (Å²) in [6.45, 7) is 3.70. The highest BCUT2D eigenvalue weighted by Gasteiger charge is 2.10. The van der Waals surface area contributed by atoms with E-state index in [4.69, 9.17) is 16.9 Å². The van der Waals surface area contributed by atoms with Crippen molar-refractivity contribution in [3.63, 3.8) is 0 Å². The van der Waals surface area contributed by atoms with Crippen molar-refractivity contribution >= 4 is 28.8 Å². The van der Waals surface area contributed by atoms with Gasteiger partial charge in [0.25, 0.3) is 0 Å². The molecular formula is C13H12ClN3S. The lowest BCUT2D eigenvalue weighted by atomic mass is 10.3. The van der Waals surface area contributed by atoms with Crippen LogP contribution in [0.4, 0.5) is 5.82 Å². The van der Waals surface area contributed by atoms with Crippen molar-refractivity contribution in [2.45, 2.75) is 13.5 Å². The highest BCUT2D eigenvalue weighted by molar-refractivity contribution is 7.09. The fourth-order valence-electron chi connectivity index (χ4n) is 1.63.